The Hall–Kier alpha value is -1.22. The highest BCUT2D eigenvalue weighted by Crippen LogP contribution is 2.45. The van der Waals surface area contributed by atoms with E-state index in [1.165, 1.54) is 0 Å². The molecule has 1 aromatic rings. The van der Waals surface area contributed by atoms with Crippen LogP contribution in [0.25, 0.3) is 0 Å². The smallest absolute Gasteiger partial charge is 0.119 e. The predicted octanol–water partition coefficient (Wildman–Crippen LogP) is 1.23. The van der Waals surface area contributed by atoms with Crippen molar-refractivity contribution < 1.29 is 4.74 Å². The number of anilines is 1. The molecule has 3 heteroatoms. The van der Waals surface area contributed by atoms with Crippen molar-refractivity contribution in [2.24, 2.45) is 5.73 Å². The van der Waals surface area contributed by atoms with Crippen LogP contribution in [0.15, 0.2) is 18.2 Å². The van der Waals surface area contributed by atoms with Crippen LogP contribution in [0.5, 0.6) is 5.75 Å². The molecule has 0 amide bonds. The first-order valence-electron chi connectivity index (χ1n) is 4.38. The minimum Gasteiger partial charge on any atom is -0.497 e. The minimum absolute atomic E-state index is 0.182. The van der Waals surface area contributed by atoms with Crippen molar-refractivity contribution in [3.8, 4) is 5.75 Å². The third-order valence-corrected chi connectivity index (χ3v) is 2.59. The van der Waals surface area contributed by atoms with Crippen LogP contribution in [0.2, 0.25) is 0 Å². The zero-order chi connectivity index (χ0) is 9.47. The summed E-state index contributed by atoms with van der Waals surface area (Å²) in [6.45, 7) is 0. The van der Waals surface area contributed by atoms with Crippen molar-refractivity contribution in [3.05, 3.63) is 23.8 Å². The van der Waals surface area contributed by atoms with Gasteiger partial charge in [0, 0.05) is 11.2 Å². The highest BCUT2D eigenvalue weighted by Gasteiger charge is 2.41. The third-order valence-electron chi connectivity index (χ3n) is 2.59. The molecule has 0 bridgehead atoms. The van der Waals surface area contributed by atoms with Crippen molar-refractivity contribution >= 4 is 5.69 Å². The molecule has 2 rings (SSSR count). The summed E-state index contributed by atoms with van der Waals surface area (Å²) < 4.78 is 5.12. The van der Waals surface area contributed by atoms with Gasteiger partial charge in [-0.05, 0) is 36.6 Å². The number of hydrogen-bond acceptors (Lipinski definition) is 3. The lowest BCUT2D eigenvalue weighted by Crippen LogP contribution is -2.20. The van der Waals surface area contributed by atoms with Crippen LogP contribution in [0.3, 0.4) is 0 Å². The van der Waals surface area contributed by atoms with Crippen LogP contribution in [0.4, 0.5) is 5.69 Å². The lowest BCUT2D eigenvalue weighted by atomic mass is 10.0. The van der Waals surface area contributed by atoms with Crippen LogP contribution in [0, 0.1) is 0 Å². The van der Waals surface area contributed by atoms with Gasteiger partial charge in [-0.2, -0.15) is 0 Å². The molecule has 0 unspecified atom stereocenters. The molecule has 4 N–H and O–H groups in total. The van der Waals surface area contributed by atoms with Gasteiger partial charge in [0.1, 0.15) is 5.75 Å². The predicted molar refractivity (Wildman–Crippen MR) is 52.5 cm³/mol. The molecular weight excluding hydrogens is 164 g/mol. The van der Waals surface area contributed by atoms with Crippen LogP contribution in [0.1, 0.15) is 18.4 Å². The van der Waals surface area contributed by atoms with E-state index < -0.39 is 0 Å². The Labute approximate surface area is 77.7 Å². The fourth-order valence-electron chi connectivity index (χ4n) is 1.50. The molecule has 1 aromatic carbocycles. The number of nitrogens with two attached hydrogens (primary N) is 2. The average molecular weight is 178 g/mol. The van der Waals surface area contributed by atoms with E-state index in [2.05, 4.69) is 0 Å². The van der Waals surface area contributed by atoms with Crippen molar-refractivity contribution in [1.82, 2.24) is 0 Å². The van der Waals surface area contributed by atoms with Gasteiger partial charge in [-0.15, -0.1) is 0 Å². The number of methoxy groups -OCH3 is 1. The van der Waals surface area contributed by atoms with E-state index in [0.29, 0.717) is 0 Å². The number of nitrogen functional groups attached to an aromatic ring is 1. The van der Waals surface area contributed by atoms with E-state index in [-0.39, 0.29) is 5.54 Å². The fraction of sp³-hybridized carbons (Fsp3) is 0.400. The van der Waals surface area contributed by atoms with Gasteiger partial charge in [-0.3, -0.25) is 0 Å². The molecule has 1 fully saturated rings. The maximum absolute atomic E-state index is 6.06. The Bertz CT molecular complexity index is 332. The summed E-state index contributed by atoms with van der Waals surface area (Å²) in [5.74, 6) is 0.820. The van der Waals surface area contributed by atoms with Crippen LogP contribution in [-0.2, 0) is 5.54 Å². The van der Waals surface area contributed by atoms with Crippen LogP contribution >= 0.6 is 0 Å². The molecule has 1 saturated carbocycles. The van der Waals surface area contributed by atoms with Gasteiger partial charge in [-0.25, -0.2) is 0 Å². The van der Waals surface area contributed by atoms with Gasteiger partial charge in [-0.1, -0.05) is 0 Å². The van der Waals surface area contributed by atoms with E-state index >= 15 is 0 Å². The highest BCUT2D eigenvalue weighted by atomic mass is 16.5. The Balaban J connectivity index is 2.43. The fourth-order valence-corrected chi connectivity index (χ4v) is 1.50. The van der Waals surface area contributed by atoms with Gasteiger partial charge in [0.2, 0.25) is 0 Å². The largest absolute Gasteiger partial charge is 0.497 e. The molecule has 1 aliphatic carbocycles. The summed E-state index contributed by atoms with van der Waals surface area (Å²) in [5, 5.41) is 0. The lowest BCUT2D eigenvalue weighted by molar-refractivity contribution is 0.413. The summed E-state index contributed by atoms with van der Waals surface area (Å²) in [4.78, 5) is 0. The Kier molecular flexibility index (Phi) is 1.70. The number of benzene rings is 1. The first-order chi connectivity index (χ1) is 6.15. The molecule has 0 atom stereocenters. The average Bonchev–Trinajstić information content (AvgIpc) is 2.86. The summed E-state index contributed by atoms with van der Waals surface area (Å²) in [7, 11) is 1.64. The molecule has 0 heterocycles. The molecular formula is C10H14N2O. The molecule has 3 nitrogen and oxygen atoms in total. The normalized spacial score (nSPS) is 18.3. The SMILES string of the molecule is COc1ccc(N)c(C2(N)CC2)c1. The lowest BCUT2D eigenvalue weighted by Gasteiger charge is -2.13. The van der Waals surface area contributed by atoms with Crippen molar-refractivity contribution in [3.63, 3.8) is 0 Å². The maximum Gasteiger partial charge on any atom is 0.119 e. The van der Waals surface area contributed by atoms with Gasteiger partial charge >= 0.3 is 0 Å². The first kappa shape index (κ1) is 8.38. The van der Waals surface area contributed by atoms with Gasteiger partial charge in [0.25, 0.3) is 0 Å². The van der Waals surface area contributed by atoms with E-state index in [0.717, 1.165) is 29.8 Å². The highest BCUT2D eigenvalue weighted by molar-refractivity contribution is 5.55. The second kappa shape index (κ2) is 2.64. The van der Waals surface area contributed by atoms with E-state index in [4.69, 9.17) is 16.2 Å². The molecule has 0 aromatic heterocycles. The minimum atomic E-state index is -0.182. The zero-order valence-electron chi connectivity index (χ0n) is 7.71. The topological polar surface area (TPSA) is 61.3 Å². The standard InChI is InChI=1S/C10H14N2O/c1-13-7-2-3-9(11)8(6-7)10(12)4-5-10/h2-3,6H,4-5,11-12H2,1H3. The monoisotopic (exact) mass is 178 g/mol. The summed E-state index contributed by atoms with van der Waals surface area (Å²) in [6.07, 6.45) is 2.04. The summed E-state index contributed by atoms with van der Waals surface area (Å²) in [6, 6.07) is 5.63. The van der Waals surface area contributed by atoms with Gasteiger partial charge < -0.3 is 16.2 Å². The van der Waals surface area contributed by atoms with Crippen LogP contribution in [-0.4, -0.2) is 7.11 Å². The maximum atomic E-state index is 6.06. The molecule has 0 saturated heterocycles. The van der Waals surface area contributed by atoms with Gasteiger partial charge in [0.05, 0.1) is 7.11 Å². The van der Waals surface area contributed by atoms with Crippen molar-refractivity contribution in [2.45, 2.75) is 18.4 Å². The van der Waals surface area contributed by atoms with E-state index in [9.17, 15) is 0 Å². The Morgan fingerprint density at radius 2 is 2.08 bits per heavy atom. The number of rotatable bonds is 2. The van der Waals surface area contributed by atoms with Crippen LogP contribution < -0.4 is 16.2 Å². The quantitative estimate of drug-likeness (QED) is 0.669. The molecule has 13 heavy (non-hydrogen) atoms. The van der Waals surface area contributed by atoms with E-state index in [1.54, 1.807) is 7.11 Å². The summed E-state index contributed by atoms with van der Waals surface area (Å²) in [5.41, 5.74) is 13.5. The molecule has 0 spiro atoms. The Morgan fingerprint density at radius 1 is 1.38 bits per heavy atom. The Morgan fingerprint density at radius 3 is 2.62 bits per heavy atom. The third kappa shape index (κ3) is 1.35. The van der Waals surface area contributed by atoms with Gasteiger partial charge in [0.15, 0.2) is 0 Å². The second-order valence-corrected chi connectivity index (χ2v) is 3.61. The zero-order valence-corrected chi connectivity index (χ0v) is 7.71. The molecule has 0 radical (unpaired) electrons. The van der Waals surface area contributed by atoms with E-state index in [1.807, 2.05) is 18.2 Å². The van der Waals surface area contributed by atoms with Crippen molar-refractivity contribution in [2.75, 3.05) is 12.8 Å². The number of ether oxygens (including phenoxy) is 1. The number of hydrogen-bond donors (Lipinski definition) is 2. The summed E-state index contributed by atoms with van der Waals surface area (Å²) >= 11 is 0. The molecule has 1 aliphatic rings. The second-order valence-electron chi connectivity index (χ2n) is 3.61. The first-order valence-corrected chi connectivity index (χ1v) is 4.38. The van der Waals surface area contributed by atoms with Crippen molar-refractivity contribution in [1.29, 1.82) is 0 Å². The molecule has 0 aliphatic heterocycles. The molecule has 70 valence electrons.